The van der Waals surface area contributed by atoms with Crippen molar-refractivity contribution in [1.82, 2.24) is 4.83 Å². The van der Waals surface area contributed by atoms with Crippen LogP contribution in [0.5, 0.6) is 0 Å². The number of carbonyl (C=O) groups is 1. The molecule has 3 aromatic carbocycles. The lowest BCUT2D eigenvalue weighted by Crippen LogP contribution is -2.22. The number of rotatable bonds is 7. The second-order valence-corrected chi connectivity index (χ2v) is 10.9. The second-order valence-electron chi connectivity index (χ2n) is 9.21. The summed E-state index contributed by atoms with van der Waals surface area (Å²) >= 11 is 0. The van der Waals surface area contributed by atoms with Crippen molar-refractivity contribution in [3.05, 3.63) is 107 Å². The van der Waals surface area contributed by atoms with Crippen molar-refractivity contribution in [2.24, 2.45) is 15.3 Å². The van der Waals surface area contributed by atoms with Gasteiger partial charge in [-0.1, -0.05) is 35.9 Å². The standard InChI is InChI=1S/C29H27N5O4S/c1-19-11-17-24(18-12-19)39(36,37)34-33-25-9-6-10-26-27(25)20(2)28(38-26)29(35)30-21-13-15-23(16-14-21)32-31-22-7-4-3-5-8-22/h3-5,7-8,11-18,34H,6,9-10H2,1-2H3,(H,30,35)/b32-31?,33-25+. The highest BCUT2D eigenvalue weighted by Crippen LogP contribution is 2.31. The molecule has 0 unspecified atom stereocenters. The number of benzene rings is 3. The number of carbonyl (C=O) groups excluding carboxylic acids is 1. The Hall–Kier alpha value is -4.57. The summed E-state index contributed by atoms with van der Waals surface area (Å²) in [6, 6.07) is 22.9. The molecule has 1 aromatic heterocycles. The molecule has 0 saturated heterocycles. The Kier molecular flexibility index (Phi) is 7.38. The number of furan rings is 1. The highest BCUT2D eigenvalue weighted by Gasteiger charge is 2.28. The average molecular weight is 542 g/mol. The minimum Gasteiger partial charge on any atom is -0.455 e. The zero-order valence-electron chi connectivity index (χ0n) is 21.5. The van der Waals surface area contributed by atoms with E-state index in [-0.39, 0.29) is 10.7 Å². The molecule has 1 amide bonds. The highest BCUT2D eigenvalue weighted by atomic mass is 32.2. The van der Waals surface area contributed by atoms with E-state index < -0.39 is 15.9 Å². The van der Waals surface area contributed by atoms with Gasteiger partial charge in [-0.05, 0) is 75.2 Å². The van der Waals surface area contributed by atoms with Crippen molar-refractivity contribution in [2.45, 2.75) is 38.0 Å². The predicted octanol–water partition coefficient (Wildman–Crippen LogP) is 6.58. The molecule has 10 heteroatoms. The molecule has 0 atom stereocenters. The van der Waals surface area contributed by atoms with Gasteiger partial charge in [0.1, 0.15) is 5.76 Å². The number of hydrogen-bond donors (Lipinski definition) is 2. The minimum atomic E-state index is -3.83. The van der Waals surface area contributed by atoms with Crippen LogP contribution in [0.25, 0.3) is 0 Å². The van der Waals surface area contributed by atoms with E-state index in [1.807, 2.05) is 37.3 Å². The number of aryl methyl sites for hydroxylation is 2. The Bertz CT molecular complexity index is 1660. The van der Waals surface area contributed by atoms with Crippen LogP contribution in [-0.2, 0) is 16.4 Å². The average Bonchev–Trinajstić information content (AvgIpc) is 3.29. The maximum absolute atomic E-state index is 13.1. The van der Waals surface area contributed by atoms with Crippen LogP contribution in [0.4, 0.5) is 17.1 Å². The maximum atomic E-state index is 13.1. The van der Waals surface area contributed by atoms with Gasteiger partial charge in [0.15, 0.2) is 5.76 Å². The fourth-order valence-corrected chi connectivity index (χ4v) is 5.12. The number of nitrogens with zero attached hydrogens (tertiary/aromatic N) is 3. The SMILES string of the molecule is Cc1ccc(S(=O)(=O)N/N=C2\CCCc3oc(C(=O)Nc4ccc(N=Nc5ccccc5)cc4)c(C)c32)cc1. The molecule has 39 heavy (non-hydrogen) atoms. The number of amides is 1. The lowest BCUT2D eigenvalue weighted by Gasteiger charge is -2.14. The summed E-state index contributed by atoms with van der Waals surface area (Å²) in [6.07, 6.45) is 1.92. The number of sulfonamides is 1. The zero-order valence-corrected chi connectivity index (χ0v) is 22.3. The number of fused-ring (bicyclic) bond motifs is 1. The van der Waals surface area contributed by atoms with E-state index in [1.54, 1.807) is 43.3 Å². The Morgan fingerprint density at radius 2 is 1.51 bits per heavy atom. The van der Waals surface area contributed by atoms with Crippen molar-refractivity contribution in [1.29, 1.82) is 0 Å². The molecule has 0 saturated carbocycles. The largest absolute Gasteiger partial charge is 0.455 e. The molecule has 1 heterocycles. The summed E-state index contributed by atoms with van der Waals surface area (Å²) in [6.45, 7) is 3.66. The van der Waals surface area contributed by atoms with Crippen molar-refractivity contribution in [2.75, 3.05) is 5.32 Å². The predicted molar refractivity (Wildman–Crippen MR) is 149 cm³/mol. The number of nitrogens with one attached hydrogen (secondary N) is 2. The molecule has 0 bridgehead atoms. The third-order valence-electron chi connectivity index (χ3n) is 6.33. The zero-order chi connectivity index (χ0) is 27.4. The fraction of sp³-hybridized carbons (Fsp3) is 0.172. The molecule has 198 valence electrons. The van der Waals surface area contributed by atoms with Gasteiger partial charge in [-0.25, -0.2) is 0 Å². The molecule has 4 aromatic rings. The van der Waals surface area contributed by atoms with Crippen LogP contribution in [0, 0.1) is 13.8 Å². The molecular weight excluding hydrogens is 514 g/mol. The summed E-state index contributed by atoms with van der Waals surface area (Å²) in [5, 5.41) is 15.5. The van der Waals surface area contributed by atoms with Gasteiger partial charge in [0.05, 0.1) is 22.0 Å². The Balaban J connectivity index is 1.31. The quantitative estimate of drug-likeness (QED) is 0.202. The summed E-state index contributed by atoms with van der Waals surface area (Å²) in [5.41, 5.74) is 4.76. The van der Waals surface area contributed by atoms with E-state index in [4.69, 9.17) is 4.42 Å². The maximum Gasteiger partial charge on any atom is 0.291 e. The van der Waals surface area contributed by atoms with E-state index in [1.165, 1.54) is 12.1 Å². The molecule has 1 aliphatic rings. The van der Waals surface area contributed by atoms with Crippen LogP contribution >= 0.6 is 0 Å². The molecule has 0 aliphatic heterocycles. The van der Waals surface area contributed by atoms with E-state index >= 15 is 0 Å². The van der Waals surface area contributed by atoms with Crippen LogP contribution in [0.3, 0.4) is 0 Å². The lowest BCUT2D eigenvalue weighted by atomic mass is 9.93. The monoisotopic (exact) mass is 541 g/mol. The van der Waals surface area contributed by atoms with Gasteiger partial charge in [0.25, 0.3) is 15.9 Å². The van der Waals surface area contributed by atoms with Gasteiger partial charge < -0.3 is 9.73 Å². The van der Waals surface area contributed by atoms with Crippen molar-refractivity contribution in [3.8, 4) is 0 Å². The van der Waals surface area contributed by atoms with Crippen molar-refractivity contribution < 1.29 is 17.6 Å². The number of hydrogen-bond acceptors (Lipinski definition) is 7. The molecule has 1 aliphatic carbocycles. The van der Waals surface area contributed by atoms with Crippen molar-refractivity contribution in [3.63, 3.8) is 0 Å². The van der Waals surface area contributed by atoms with Crippen LogP contribution in [-0.4, -0.2) is 20.0 Å². The van der Waals surface area contributed by atoms with Crippen molar-refractivity contribution >= 4 is 38.7 Å². The molecule has 9 nitrogen and oxygen atoms in total. The van der Waals surface area contributed by atoms with Gasteiger partial charge in [-0.2, -0.15) is 28.6 Å². The molecular formula is C29H27N5O4S. The Labute approximate surface area is 226 Å². The van der Waals surface area contributed by atoms with Gasteiger partial charge >= 0.3 is 0 Å². The first-order valence-electron chi connectivity index (χ1n) is 12.5. The van der Waals surface area contributed by atoms with Gasteiger partial charge in [0, 0.05) is 23.2 Å². The Morgan fingerprint density at radius 1 is 0.846 bits per heavy atom. The summed E-state index contributed by atoms with van der Waals surface area (Å²) in [4.78, 5) is 15.6. The number of azo groups is 1. The second kappa shape index (κ2) is 11.0. The minimum absolute atomic E-state index is 0.130. The Morgan fingerprint density at radius 3 is 2.21 bits per heavy atom. The first kappa shape index (κ1) is 26.1. The normalized spacial score (nSPS) is 14.4. The summed E-state index contributed by atoms with van der Waals surface area (Å²) in [7, 11) is -3.83. The van der Waals surface area contributed by atoms with Gasteiger partial charge in [-0.15, -0.1) is 0 Å². The third-order valence-corrected chi connectivity index (χ3v) is 7.55. The molecule has 0 fully saturated rings. The fourth-order valence-electron chi connectivity index (χ4n) is 4.29. The summed E-state index contributed by atoms with van der Waals surface area (Å²) < 4.78 is 31.4. The van der Waals surface area contributed by atoms with Crippen LogP contribution in [0.15, 0.2) is 104 Å². The first-order valence-corrected chi connectivity index (χ1v) is 13.9. The van der Waals surface area contributed by atoms with E-state index in [0.717, 1.165) is 17.7 Å². The van der Waals surface area contributed by atoms with E-state index in [0.29, 0.717) is 46.8 Å². The van der Waals surface area contributed by atoms with Gasteiger partial charge in [-0.3, -0.25) is 4.79 Å². The van der Waals surface area contributed by atoms with Crippen LogP contribution in [0.2, 0.25) is 0 Å². The molecule has 0 spiro atoms. The molecule has 0 radical (unpaired) electrons. The highest BCUT2D eigenvalue weighted by molar-refractivity contribution is 7.89. The summed E-state index contributed by atoms with van der Waals surface area (Å²) in [5.74, 6) is 0.387. The first-order chi connectivity index (χ1) is 18.8. The van der Waals surface area contributed by atoms with Crippen LogP contribution in [0.1, 0.15) is 45.8 Å². The third kappa shape index (κ3) is 5.96. The lowest BCUT2D eigenvalue weighted by molar-refractivity contribution is 0.0994. The van der Waals surface area contributed by atoms with Gasteiger partial charge in [0.2, 0.25) is 0 Å². The van der Waals surface area contributed by atoms with E-state index in [9.17, 15) is 13.2 Å². The number of anilines is 1. The van der Waals surface area contributed by atoms with Crippen LogP contribution < -0.4 is 10.1 Å². The topological polar surface area (TPSA) is 125 Å². The molecule has 2 N–H and O–H groups in total. The van der Waals surface area contributed by atoms with E-state index in [2.05, 4.69) is 25.5 Å². The smallest absolute Gasteiger partial charge is 0.291 e. The molecule has 5 rings (SSSR count). The number of hydrazone groups is 1.